The lowest BCUT2D eigenvalue weighted by Gasteiger charge is -2.54. The highest BCUT2D eigenvalue weighted by molar-refractivity contribution is 5.70. The third-order valence-corrected chi connectivity index (χ3v) is 22.3. The molecule has 432 valence electrons. The first-order valence-corrected chi connectivity index (χ1v) is 30.8. The largest absolute Gasteiger partial charge is 0.459 e. The molecular formula is C60H84O18. The van der Waals surface area contributed by atoms with Crippen molar-refractivity contribution < 1.29 is 85.7 Å². The molecule has 18 heteroatoms. The van der Waals surface area contributed by atoms with Crippen molar-refractivity contribution in [2.24, 2.45) is 23.7 Å². The van der Waals surface area contributed by atoms with E-state index in [4.69, 9.17) is 75.8 Å². The average Bonchev–Trinajstić information content (AvgIpc) is 4.13. The third-order valence-electron chi connectivity index (χ3n) is 22.3. The predicted octanol–water partition coefficient (Wildman–Crippen LogP) is 5.97. The first kappa shape index (κ1) is 51.9. The Morgan fingerprint density at radius 1 is 0.449 bits per heavy atom. The number of aliphatic hydroxyl groups excluding tert-OH is 1. The van der Waals surface area contributed by atoms with E-state index < -0.39 is 41.8 Å². The van der Waals surface area contributed by atoms with Crippen LogP contribution in [0.5, 0.6) is 0 Å². The summed E-state index contributed by atoms with van der Waals surface area (Å²) in [6, 6.07) is 0. The van der Waals surface area contributed by atoms with Crippen LogP contribution in [-0.4, -0.2) is 188 Å². The number of aliphatic hydroxyl groups is 1. The molecule has 4 unspecified atom stereocenters. The van der Waals surface area contributed by atoms with Gasteiger partial charge in [-0.1, -0.05) is 40.9 Å². The second-order valence-corrected chi connectivity index (χ2v) is 27.6. The van der Waals surface area contributed by atoms with Crippen LogP contribution >= 0.6 is 0 Å². The van der Waals surface area contributed by atoms with E-state index in [0.717, 1.165) is 62.5 Å². The van der Waals surface area contributed by atoms with Crippen LogP contribution in [0.4, 0.5) is 0 Å². The van der Waals surface area contributed by atoms with E-state index in [-0.39, 0.29) is 171 Å². The van der Waals surface area contributed by atoms with Gasteiger partial charge in [0.15, 0.2) is 17.4 Å². The molecule has 17 rings (SSSR count). The van der Waals surface area contributed by atoms with Gasteiger partial charge in [-0.3, -0.25) is 4.79 Å². The number of hydrogen-bond acceptors (Lipinski definition) is 18. The molecule has 0 aromatic rings. The molecule has 0 aromatic carbocycles. The lowest BCUT2D eigenvalue weighted by molar-refractivity contribution is -0.369. The lowest BCUT2D eigenvalue weighted by Crippen LogP contribution is -2.62. The van der Waals surface area contributed by atoms with Crippen molar-refractivity contribution >= 4 is 5.97 Å². The number of carbonyl (C=O) groups is 1. The van der Waals surface area contributed by atoms with E-state index in [9.17, 15) is 9.90 Å². The second-order valence-electron chi connectivity index (χ2n) is 27.6. The van der Waals surface area contributed by atoms with Crippen LogP contribution in [0.25, 0.3) is 0 Å². The fraction of sp³-hybridized carbons (Fsp3) is 0.917. The second kappa shape index (κ2) is 19.2. The molecule has 17 aliphatic heterocycles. The van der Waals surface area contributed by atoms with E-state index in [1.54, 1.807) is 0 Å². The van der Waals surface area contributed by atoms with Crippen LogP contribution in [0.3, 0.4) is 0 Å². The topological polar surface area (TPSA) is 185 Å². The minimum atomic E-state index is -0.883. The van der Waals surface area contributed by atoms with Gasteiger partial charge in [0.1, 0.15) is 36.6 Å². The van der Waals surface area contributed by atoms with Gasteiger partial charge in [0.05, 0.1) is 129 Å². The molecule has 0 saturated carbocycles. The number of ether oxygens (including phenoxy) is 16. The molecule has 17 saturated heterocycles. The normalized spacial score (nSPS) is 59.7. The summed E-state index contributed by atoms with van der Waals surface area (Å²) in [5, 5.41) is 9.84. The van der Waals surface area contributed by atoms with Crippen molar-refractivity contribution in [2.45, 2.75) is 313 Å². The quantitative estimate of drug-likeness (QED) is 0.239. The standard InChI is InChI=1S/C60H84O18/c1-26-13-32-7-9-36-27(2)14-34(63-36)11-12-58-23-46-54(77-58)55-56(71-46)57(78-58)53-37(68-55)10-8-33(66-53)16-48(62)72-52-31(6)51-43(67-42(52)17-38(64-32)30(26)5)19-41-45(70-51)22-60(73-41)24-47-50(76-60)29(4)21-59(75-47)20-28(3)49-44(74-59)18-40-39(69-49)15-35(25-61)65-40/h26,28-29,31-47,49-57,61H,2,5,7-25H2,1,3-4,6H3/t26-,28+,29+,31+,32+,33-,34+,35?,36+,37+,38?,39-,40-,41-,42+,43+,44+,45-,46?,47+,49+,50+,51+,52-,53+,54+,55?,56+,57+,58+,59-,60+/m1/s1. The number of rotatable bonds is 1. The maximum atomic E-state index is 14.6. The molecule has 18 nitrogen and oxygen atoms in total. The summed E-state index contributed by atoms with van der Waals surface area (Å²) in [4.78, 5) is 14.6. The van der Waals surface area contributed by atoms with Gasteiger partial charge in [-0.05, 0) is 73.8 Å². The van der Waals surface area contributed by atoms with Gasteiger partial charge in [-0.2, -0.15) is 0 Å². The Labute approximate surface area is 458 Å². The highest BCUT2D eigenvalue weighted by Crippen LogP contribution is 2.58. The number of hydrogen-bond donors (Lipinski definition) is 1. The Morgan fingerprint density at radius 2 is 1.10 bits per heavy atom. The zero-order valence-electron chi connectivity index (χ0n) is 46.0. The Kier molecular flexibility index (Phi) is 12.8. The van der Waals surface area contributed by atoms with Crippen LogP contribution in [0.2, 0.25) is 0 Å². The molecule has 17 heterocycles. The van der Waals surface area contributed by atoms with Gasteiger partial charge in [0.25, 0.3) is 0 Å². The minimum absolute atomic E-state index is 0.00126. The summed E-state index contributed by atoms with van der Waals surface area (Å²) < 4.78 is 110. The molecule has 1 N–H and O–H groups in total. The van der Waals surface area contributed by atoms with Gasteiger partial charge >= 0.3 is 5.97 Å². The van der Waals surface area contributed by atoms with Gasteiger partial charge in [0, 0.05) is 70.1 Å². The van der Waals surface area contributed by atoms with Gasteiger partial charge in [0.2, 0.25) is 0 Å². The average molecular weight is 1090 g/mol. The molecule has 0 amide bonds. The van der Waals surface area contributed by atoms with Crippen molar-refractivity contribution in [3.63, 3.8) is 0 Å². The number of carbonyl (C=O) groups excluding carboxylic acids is 1. The summed E-state index contributed by atoms with van der Waals surface area (Å²) in [7, 11) is 0. The van der Waals surface area contributed by atoms with Crippen molar-refractivity contribution in [3.05, 3.63) is 24.3 Å². The van der Waals surface area contributed by atoms with Gasteiger partial charge < -0.3 is 80.9 Å². The van der Waals surface area contributed by atoms with E-state index in [1.165, 1.54) is 0 Å². The fourth-order valence-electron chi connectivity index (χ4n) is 18.6. The smallest absolute Gasteiger partial charge is 0.308 e. The van der Waals surface area contributed by atoms with E-state index in [0.29, 0.717) is 57.8 Å². The van der Waals surface area contributed by atoms with Gasteiger partial charge in [-0.15, -0.1) is 0 Å². The molecular weight excluding hydrogens is 1010 g/mol. The molecule has 17 fully saturated rings. The molecule has 32 atom stereocenters. The predicted molar refractivity (Wildman–Crippen MR) is 270 cm³/mol. The maximum Gasteiger partial charge on any atom is 0.308 e. The summed E-state index contributed by atoms with van der Waals surface area (Å²) >= 11 is 0. The van der Waals surface area contributed by atoms with Crippen molar-refractivity contribution in [1.29, 1.82) is 0 Å². The SMILES string of the molecule is C=C1C2C[C@@H]3O[C@H]4C[C@H]5O[C@@]6(C[C@@H]7O[C@]8(C[C@H](C)[C@@H]9O[C@@H]%10CC(CO)O[C@@H]%10C[C@@H]9O8)C[C@H](C)[C@@H]7O6)C[C@H]5O[C@H]4[C@H](C)[C@H]3OC(=O)C[C@H]3CC[C@@H]4OC5[C@H]6O[C@]7(CC[C@H]8CC(=C)[C@H](CC[C@@H](C[C@H]1C)O2)O8)CC6O[C@@H]5[C@@H](O7)[C@H]4O3. The Morgan fingerprint density at radius 3 is 1.97 bits per heavy atom. The van der Waals surface area contributed by atoms with Crippen LogP contribution in [0, 0.1) is 23.7 Å². The summed E-state index contributed by atoms with van der Waals surface area (Å²) in [6.45, 7) is 18.0. The van der Waals surface area contributed by atoms with Crippen molar-refractivity contribution in [3.8, 4) is 0 Å². The highest BCUT2D eigenvalue weighted by atomic mass is 16.8. The number of fused-ring (bicyclic) bond motifs is 11. The summed E-state index contributed by atoms with van der Waals surface area (Å²) in [5.41, 5.74) is 2.17. The summed E-state index contributed by atoms with van der Waals surface area (Å²) in [6.07, 6.45) is 6.32. The Bertz CT molecular complexity index is 2360. The fourth-order valence-corrected chi connectivity index (χ4v) is 18.6. The Balaban J connectivity index is 0.635. The van der Waals surface area contributed by atoms with Crippen molar-refractivity contribution in [1.82, 2.24) is 0 Å². The van der Waals surface area contributed by atoms with Crippen LogP contribution < -0.4 is 0 Å². The zero-order valence-corrected chi connectivity index (χ0v) is 46.0. The third kappa shape index (κ3) is 8.61. The first-order chi connectivity index (χ1) is 37.6. The zero-order chi connectivity index (χ0) is 52.7. The van der Waals surface area contributed by atoms with Crippen LogP contribution in [-0.2, 0) is 80.6 Å². The summed E-state index contributed by atoms with van der Waals surface area (Å²) in [5.74, 6) is -2.41. The molecule has 0 aromatic heterocycles. The molecule has 12 bridgehead atoms. The van der Waals surface area contributed by atoms with E-state index >= 15 is 0 Å². The molecule has 0 aliphatic carbocycles. The minimum Gasteiger partial charge on any atom is -0.459 e. The lowest BCUT2D eigenvalue weighted by atomic mass is 9.78. The molecule has 3 spiro atoms. The van der Waals surface area contributed by atoms with Crippen LogP contribution in [0.1, 0.15) is 143 Å². The first-order valence-electron chi connectivity index (χ1n) is 30.8. The van der Waals surface area contributed by atoms with E-state index in [1.807, 2.05) is 0 Å². The number of esters is 1. The van der Waals surface area contributed by atoms with Crippen molar-refractivity contribution in [2.75, 3.05) is 6.61 Å². The van der Waals surface area contributed by atoms with Gasteiger partial charge in [-0.25, -0.2) is 0 Å². The van der Waals surface area contributed by atoms with Crippen LogP contribution in [0.15, 0.2) is 24.3 Å². The molecule has 0 radical (unpaired) electrons. The monoisotopic (exact) mass is 1090 g/mol. The molecule has 17 aliphatic rings. The Hall–Kier alpha value is -1.69. The molecule has 78 heavy (non-hydrogen) atoms. The van der Waals surface area contributed by atoms with E-state index in [2.05, 4.69) is 40.9 Å². The highest BCUT2D eigenvalue weighted by Gasteiger charge is 2.70. The maximum absolute atomic E-state index is 14.6.